The molecule has 1 heterocycles. The highest BCUT2D eigenvalue weighted by atomic mass is 19.4. The van der Waals surface area contributed by atoms with E-state index in [2.05, 4.69) is 6.58 Å². The van der Waals surface area contributed by atoms with Crippen LogP contribution in [-0.4, -0.2) is 53.5 Å². The molecule has 6 nitrogen and oxygen atoms in total. The molecular formula is C19H25F6NO5. The van der Waals surface area contributed by atoms with Gasteiger partial charge in [-0.2, -0.15) is 26.3 Å². The maximum Gasteiger partial charge on any atom is 0.417 e. The summed E-state index contributed by atoms with van der Waals surface area (Å²) in [6, 6.07) is -1.07. The van der Waals surface area contributed by atoms with Crippen LogP contribution in [0, 0.1) is 11.8 Å². The van der Waals surface area contributed by atoms with Gasteiger partial charge in [0.1, 0.15) is 12.2 Å². The molecule has 1 rings (SSSR count). The predicted octanol–water partition coefficient (Wildman–Crippen LogP) is 4.78. The van der Waals surface area contributed by atoms with Gasteiger partial charge >= 0.3 is 24.4 Å². The number of alkyl halides is 6. The number of ether oxygens (including phenoxy) is 2. The molecule has 1 unspecified atom stereocenters. The van der Waals surface area contributed by atoms with E-state index < -0.39 is 73.1 Å². The van der Waals surface area contributed by atoms with Crippen LogP contribution < -0.4 is 0 Å². The summed E-state index contributed by atoms with van der Waals surface area (Å²) in [5, 5.41) is 0. The van der Waals surface area contributed by atoms with Crippen LogP contribution in [0.3, 0.4) is 0 Å². The highest BCUT2D eigenvalue weighted by Crippen LogP contribution is 2.37. The third-order valence-electron chi connectivity index (χ3n) is 4.38. The minimum Gasteiger partial charge on any atom is -0.460 e. The molecule has 2 amide bonds. The molecule has 0 aliphatic carbocycles. The molecule has 0 radical (unpaired) electrons. The quantitative estimate of drug-likeness (QED) is 0.310. The Kier molecular flexibility index (Phi) is 8.18. The predicted molar refractivity (Wildman–Crippen MR) is 95.6 cm³/mol. The Morgan fingerprint density at radius 2 is 1.68 bits per heavy atom. The lowest BCUT2D eigenvalue weighted by Gasteiger charge is -2.32. The van der Waals surface area contributed by atoms with E-state index in [4.69, 9.17) is 9.47 Å². The summed E-state index contributed by atoms with van der Waals surface area (Å²) in [7, 11) is 0. The number of nitrogens with zero attached hydrogens (tertiary/aromatic N) is 1. The molecule has 0 aromatic heterocycles. The maximum absolute atomic E-state index is 13.2. The second-order valence-electron chi connectivity index (χ2n) is 8.37. The lowest BCUT2D eigenvalue weighted by atomic mass is 9.83. The zero-order valence-corrected chi connectivity index (χ0v) is 17.5. The summed E-state index contributed by atoms with van der Waals surface area (Å²) in [6.07, 6.45) is -15.7. The van der Waals surface area contributed by atoms with Crippen LogP contribution >= 0.6 is 0 Å². The van der Waals surface area contributed by atoms with Crippen molar-refractivity contribution in [2.24, 2.45) is 11.8 Å². The van der Waals surface area contributed by atoms with Crippen LogP contribution in [0.4, 0.5) is 31.1 Å². The Morgan fingerprint density at radius 1 is 1.13 bits per heavy atom. The van der Waals surface area contributed by atoms with E-state index in [-0.39, 0.29) is 12.2 Å². The fourth-order valence-corrected chi connectivity index (χ4v) is 3.04. The number of amides is 2. The summed E-state index contributed by atoms with van der Waals surface area (Å²) < 4.78 is 87.8. The molecule has 0 saturated carbocycles. The monoisotopic (exact) mass is 461 g/mol. The fourth-order valence-electron chi connectivity index (χ4n) is 3.04. The van der Waals surface area contributed by atoms with Gasteiger partial charge in [-0.05, 0) is 34.1 Å². The van der Waals surface area contributed by atoms with Crippen LogP contribution in [-0.2, 0) is 19.1 Å². The molecular weight excluding hydrogens is 436 g/mol. The van der Waals surface area contributed by atoms with Crippen LogP contribution in [0.5, 0.6) is 0 Å². The third kappa shape index (κ3) is 8.41. The molecule has 3 atom stereocenters. The second-order valence-corrected chi connectivity index (χ2v) is 8.37. The number of imide groups is 1. The number of cyclic esters (lactones) is 1. The molecule has 0 aromatic carbocycles. The van der Waals surface area contributed by atoms with Crippen LogP contribution in [0.15, 0.2) is 12.2 Å². The molecule has 0 spiro atoms. The van der Waals surface area contributed by atoms with Gasteiger partial charge in [-0.25, -0.2) is 9.69 Å². The molecule has 0 aromatic rings. The molecule has 178 valence electrons. The van der Waals surface area contributed by atoms with Gasteiger partial charge in [0.05, 0.1) is 24.3 Å². The zero-order valence-electron chi connectivity index (χ0n) is 17.5. The molecule has 1 fully saturated rings. The average Bonchev–Trinajstić information content (AvgIpc) is 2.91. The SMILES string of the molecule is C=C(C)[C@H]1COC(=O)N1C(=O)[C@H](CCC(F)(F)F)C(CC(F)(F)F)C(=O)OC(C)(C)C. The van der Waals surface area contributed by atoms with Gasteiger partial charge in [-0.3, -0.25) is 9.59 Å². The molecule has 1 saturated heterocycles. The summed E-state index contributed by atoms with van der Waals surface area (Å²) in [5.41, 5.74) is -1.02. The van der Waals surface area contributed by atoms with Gasteiger partial charge in [0.25, 0.3) is 0 Å². The van der Waals surface area contributed by atoms with Crippen molar-refractivity contribution in [3.63, 3.8) is 0 Å². The Hall–Kier alpha value is -2.27. The summed E-state index contributed by atoms with van der Waals surface area (Å²) in [5.74, 6) is -7.26. The van der Waals surface area contributed by atoms with E-state index in [1.807, 2.05) is 0 Å². The van der Waals surface area contributed by atoms with Gasteiger partial charge in [0.15, 0.2) is 0 Å². The van der Waals surface area contributed by atoms with Crippen molar-refractivity contribution in [3.8, 4) is 0 Å². The average molecular weight is 461 g/mol. The zero-order chi connectivity index (χ0) is 24.4. The van der Waals surface area contributed by atoms with Crippen molar-refractivity contribution < 1.29 is 50.2 Å². The first-order chi connectivity index (χ1) is 13.8. The Labute approximate surface area is 175 Å². The number of rotatable bonds is 7. The van der Waals surface area contributed by atoms with Crippen molar-refractivity contribution in [2.45, 2.75) is 71.0 Å². The number of carbonyl (C=O) groups excluding carboxylic acids is 3. The summed E-state index contributed by atoms with van der Waals surface area (Å²) in [6.45, 7) is 8.70. The molecule has 1 aliphatic rings. The summed E-state index contributed by atoms with van der Waals surface area (Å²) in [4.78, 5) is 38.0. The highest BCUT2D eigenvalue weighted by Gasteiger charge is 2.49. The van der Waals surface area contributed by atoms with Crippen molar-refractivity contribution in [1.82, 2.24) is 4.90 Å². The molecule has 0 N–H and O–H groups in total. The van der Waals surface area contributed by atoms with Crippen molar-refractivity contribution in [3.05, 3.63) is 12.2 Å². The Bertz CT molecular complexity index is 710. The largest absolute Gasteiger partial charge is 0.460 e. The van der Waals surface area contributed by atoms with Gasteiger partial charge in [-0.15, -0.1) is 0 Å². The van der Waals surface area contributed by atoms with Crippen molar-refractivity contribution >= 4 is 18.0 Å². The third-order valence-corrected chi connectivity index (χ3v) is 4.38. The molecule has 1 aliphatic heterocycles. The van der Waals surface area contributed by atoms with E-state index >= 15 is 0 Å². The van der Waals surface area contributed by atoms with E-state index in [0.717, 1.165) is 0 Å². The Balaban J connectivity index is 3.41. The first kappa shape index (κ1) is 26.8. The van der Waals surface area contributed by atoms with Gasteiger partial charge in [-0.1, -0.05) is 12.2 Å². The number of esters is 1. The topological polar surface area (TPSA) is 72.9 Å². The number of carbonyl (C=O) groups is 3. The Morgan fingerprint density at radius 3 is 2.10 bits per heavy atom. The van der Waals surface area contributed by atoms with Gasteiger partial charge < -0.3 is 9.47 Å². The minimum atomic E-state index is -4.99. The number of halogens is 6. The van der Waals surface area contributed by atoms with Crippen molar-refractivity contribution in [2.75, 3.05) is 6.61 Å². The van der Waals surface area contributed by atoms with E-state index in [0.29, 0.717) is 4.90 Å². The normalized spacial score (nSPS) is 19.6. The van der Waals surface area contributed by atoms with Crippen molar-refractivity contribution in [1.29, 1.82) is 0 Å². The standard InChI is InChI=1S/C19H25F6NO5/c1-10(2)13-9-30-16(29)26(13)14(27)11(6-7-18(20,21)22)12(8-19(23,24)25)15(28)31-17(3,4)5/h11-13H,1,6-9H2,2-5H3/t11-,12?,13-/m1/s1. The van der Waals surface area contributed by atoms with E-state index in [1.54, 1.807) is 0 Å². The van der Waals surface area contributed by atoms with Gasteiger partial charge in [0, 0.05) is 6.42 Å². The van der Waals surface area contributed by atoms with Crippen LogP contribution in [0.1, 0.15) is 47.0 Å². The number of hydrogen-bond donors (Lipinski definition) is 0. The fraction of sp³-hybridized carbons (Fsp3) is 0.737. The number of hydrogen-bond acceptors (Lipinski definition) is 5. The molecule has 12 heteroatoms. The lowest BCUT2D eigenvalue weighted by molar-refractivity contribution is -0.184. The van der Waals surface area contributed by atoms with Gasteiger partial charge in [0.2, 0.25) is 5.91 Å². The summed E-state index contributed by atoms with van der Waals surface area (Å²) >= 11 is 0. The van der Waals surface area contributed by atoms with Crippen LogP contribution in [0.25, 0.3) is 0 Å². The molecule has 31 heavy (non-hydrogen) atoms. The highest BCUT2D eigenvalue weighted by molar-refractivity contribution is 5.97. The van der Waals surface area contributed by atoms with E-state index in [1.165, 1.54) is 27.7 Å². The van der Waals surface area contributed by atoms with E-state index in [9.17, 15) is 40.7 Å². The maximum atomic E-state index is 13.2. The smallest absolute Gasteiger partial charge is 0.417 e. The first-order valence-electron chi connectivity index (χ1n) is 9.34. The van der Waals surface area contributed by atoms with Crippen LogP contribution in [0.2, 0.25) is 0 Å². The lowest BCUT2D eigenvalue weighted by Crippen LogP contribution is -2.48. The first-order valence-corrected chi connectivity index (χ1v) is 9.34. The second kappa shape index (κ2) is 9.47. The molecule has 0 bridgehead atoms. The minimum absolute atomic E-state index is 0.235.